The van der Waals surface area contributed by atoms with Crippen LogP contribution in [-0.2, 0) is 0 Å². The van der Waals surface area contributed by atoms with Gasteiger partial charge in [0, 0.05) is 16.3 Å². The molecule has 0 unspecified atom stereocenters. The Morgan fingerprint density at radius 3 is 2.28 bits per heavy atom. The zero-order chi connectivity index (χ0) is 23.9. The van der Waals surface area contributed by atoms with Crippen LogP contribution in [0, 0.1) is 0 Å². The molecule has 0 fully saturated rings. The van der Waals surface area contributed by atoms with Gasteiger partial charge in [0.2, 0.25) is 0 Å². The summed E-state index contributed by atoms with van der Waals surface area (Å²) in [6.07, 6.45) is 8.34. The molecule has 2 N–H and O–H groups in total. The number of fused-ring (bicyclic) bond motifs is 10. The van der Waals surface area contributed by atoms with E-state index in [-0.39, 0.29) is 0 Å². The molecule has 4 nitrogen and oxygen atoms in total. The molecule has 36 heavy (non-hydrogen) atoms. The standard InChI is InChI=1S/C30H20N4S2/c1-3-7-19(8-4-1)23-17-26-29-31-18-22(35-29)13-16-27-28(20-9-5-2-6-10-20)34-30(36-27)25-15-12-21(32-25)11-14-24(23)33-26/h1-18,31,34H. The van der Waals surface area contributed by atoms with Crippen molar-refractivity contribution in [2.24, 2.45) is 0 Å². The molecular weight excluding hydrogens is 480 g/mol. The summed E-state index contributed by atoms with van der Waals surface area (Å²) in [6, 6.07) is 29.3. The average molecular weight is 501 g/mol. The van der Waals surface area contributed by atoms with Crippen LogP contribution in [-0.4, -0.2) is 9.97 Å². The van der Waals surface area contributed by atoms with Crippen LogP contribution in [0.3, 0.4) is 0 Å². The molecule has 3 aromatic rings. The van der Waals surface area contributed by atoms with E-state index in [1.807, 2.05) is 24.4 Å². The molecule has 7 rings (SSSR count). The van der Waals surface area contributed by atoms with Gasteiger partial charge in [-0.25, -0.2) is 9.97 Å². The van der Waals surface area contributed by atoms with Gasteiger partial charge in [-0.2, -0.15) is 0 Å². The number of aromatic nitrogens is 2. The van der Waals surface area contributed by atoms with Crippen molar-refractivity contribution in [1.82, 2.24) is 9.97 Å². The third-order valence-electron chi connectivity index (χ3n) is 6.15. The lowest BCUT2D eigenvalue weighted by Gasteiger charge is -2.05. The van der Waals surface area contributed by atoms with Crippen LogP contribution in [0.2, 0.25) is 0 Å². The molecule has 6 heteroatoms. The fraction of sp³-hybridized carbons (Fsp3) is 0. The maximum atomic E-state index is 4.99. The molecule has 2 aromatic carbocycles. The lowest BCUT2D eigenvalue weighted by molar-refractivity contribution is 1.29. The highest BCUT2D eigenvalue weighted by atomic mass is 32.1. The first-order chi connectivity index (χ1) is 17.8. The summed E-state index contributed by atoms with van der Waals surface area (Å²) >= 11 is 3.43. The van der Waals surface area contributed by atoms with Crippen LogP contribution in [0.1, 0.15) is 33.9 Å². The number of anilines is 2. The van der Waals surface area contributed by atoms with Gasteiger partial charge in [-0.3, -0.25) is 0 Å². The monoisotopic (exact) mass is 500 g/mol. The van der Waals surface area contributed by atoms with Crippen molar-refractivity contribution in [3.8, 4) is 0 Å². The van der Waals surface area contributed by atoms with Gasteiger partial charge in [-0.15, -0.1) is 22.7 Å². The summed E-state index contributed by atoms with van der Waals surface area (Å²) < 4.78 is 2.31. The summed E-state index contributed by atoms with van der Waals surface area (Å²) in [7, 11) is 0. The first-order valence-electron chi connectivity index (χ1n) is 11.7. The van der Waals surface area contributed by atoms with Crippen molar-refractivity contribution in [2.45, 2.75) is 0 Å². The Morgan fingerprint density at radius 2 is 1.44 bits per heavy atom. The topological polar surface area (TPSA) is 49.8 Å². The first-order valence-corrected chi connectivity index (χ1v) is 13.3. The molecule has 0 saturated heterocycles. The smallest absolute Gasteiger partial charge is 0.120 e. The van der Waals surface area contributed by atoms with E-state index in [9.17, 15) is 0 Å². The summed E-state index contributed by atoms with van der Waals surface area (Å²) in [4.78, 5) is 9.89. The SMILES string of the molecule is C1=Cc2nc1ccc1nc(c3sc(ccc4sc2NC=4c2ccccc2)=CN3)C=C1c1ccccc1. The molecule has 172 valence electrons. The highest BCUT2D eigenvalue weighted by Gasteiger charge is 2.17. The van der Waals surface area contributed by atoms with Gasteiger partial charge >= 0.3 is 0 Å². The van der Waals surface area contributed by atoms with Gasteiger partial charge in [0.25, 0.3) is 0 Å². The summed E-state index contributed by atoms with van der Waals surface area (Å²) in [5.74, 6) is 0. The highest BCUT2D eigenvalue weighted by molar-refractivity contribution is 7.15. The third-order valence-corrected chi connectivity index (χ3v) is 8.24. The van der Waals surface area contributed by atoms with Crippen molar-refractivity contribution >= 4 is 68.4 Å². The predicted octanol–water partition coefficient (Wildman–Crippen LogP) is 6.10. The lowest BCUT2D eigenvalue weighted by Crippen LogP contribution is -2.05. The molecule has 1 aromatic heterocycles. The normalized spacial score (nSPS) is 13.7. The Labute approximate surface area is 216 Å². The number of nitrogens with zero attached hydrogens (tertiary/aromatic N) is 2. The van der Waals surface area contributed by atoms with Crippen molar-refractivity contribution in [2.75, 3.05) is 10.6 Å². The van der Waals surface area contributed by atoms with Gasteiger partial charge in [-0.1, -0.05) is 60.7 Å². The van der Waals surface area contributed by atoms with Crippen molar-refractivity contribution in [3.05, 3.63) is 128 Å². The second kappa shape index (κ2) is 8.75. The Morgan fingerprint density at radius 1 is 0.639 bits per heavy atom. The van der Waals surface area contributed by atoms with Crippen LogP contribution < -0.4 is 19.7 Å². The van der Waals surface area contributed by atoms with E-state index in [4.69, 9.17) is 9.97 Å². The zero-order valence-corrected chi connectivity index (χ0v) is 20.7. The maximum Gasteiger partial charge on any atom is 0.120 e. The zero-order valence-electron chi connectivity index (χ0n) is 19.1. The van der Waals surface area contributed by atoms with Gasteiger partial charge < -0.3 is 10.6 Å². The van der Waals surface area contributed by atoms with Gasteiger partial charge in [0.05, 0.1) is 33.0 Å². The molecule has 4 aliphatic heterocycles. The number of rotatable bonds is 2. The molecule has 4 aliphatic rings. The van der Waals surface area contributed by atoms with E-state index in [1.54, 1.807) is 22.7 Å². The van der Waals surface area contributed by atoms with Crippen LogP contribution in [0.25, 0.3) is 35.7 Å². The molecule has 0 spiro atoms. The van der Waals surface area contributed by atoms with Crippen LogP contribution in [0.15, 0.2) is 84.9 Å². The van der Waals surface area contributed by atoms with E-state index >= 15 is 0 Å². The quantitative estimate of drug-likeness (QED) is 0.307. The highest BCUT2D eigenvalue weighted by Crippen LogP contribution is 2.33. The third kappa shape index (κ3) is 3.86. The summed E-state index contributed by atoms with van der Waals surface area (Å²) in [5, 5.41) is 9.14. The van der Waals surface area contributed by atoms with Crippen LogP contribution in [0.4, 0.5) is 10.0 Å². The largest absolute Gasteiger partial charge is 0.350 e. The second-order valence-corrected chi connectivity index (χ2v) is 10.6. The van der Waals surface area contributed by atoms with E-state index < -0.39 is 0 Å². The molecular formula is C30H20N4S2. The Hall–Kier alpha value is -4.26. The second-order valence-electron chi connectivity index (χ2n) is 8.51. The van der Waals surface area contributed by atoms with Crippen molar-refractivity contribution in [1.29, 1.82) is 0 Å². The van der Waals surface area contributed by atoms with Gasteiger partial charge in [0.15, 0.2) is 0 Å². The minimum atomic E-state index is 0.908. The minimum Gasteiger partial charge on any atom is -0.350 e. The molecule has 0 amide bonds. The Balaban J connectivity index is 1.49. The number of nitrogens with one attached hydrogen (secondary N) is 2. The van der Waals surface area contributed by atoms with Gasteiger partial charge in [-0.05, 0) is 53.6 Å². The summed E-state index contributed by atoms with van der Waals surface area (Å²) in [5.41, 5.74) is 8.24. The minimum absolute atomic E-state index is 0.908. The van der Waals surface area contributed by atoms with E-state index in [2.05, 4.69) is 95.6 Å². The average Bonchev–Trinajstić information content (AvgIpc) is 3.72. The van der Waals surface area contributed by atoms with Crippen LogP contribution in [0.5, 0.6) is 0 Å². The predicted molar refractivity (Wildman–Crippen MR) is 153 cm³/mol. The van der Waals surface area contributed by atoms with E-state index in [0.717, 1.165) is 59.7 Å². The first kappa shape index (κ1) is 21.1. The Kier molecular flexibility index (Phi) is 5.12. The fourth-order valence-corrected chi connectivity index (χ4v) is 6.20. The molecule has 0 radical (unpaired) electrons. The molecule has 0 atom stereocenters. The number of benzene rings is 2. The van der Waals surface area contributed by atoms with Crippen LogP contribution >= 0.6 is 22.7 Å². The maximum absolute atomic E-state index is 4.99. The molecule has 5 heterocycles. The van der Waals surface area contributed by atoms with E-state index in [1.165, 1.54) is 4.53 Å². The van der Waals surface area contributed by atoms with Crippen molar-refractivity contribution in [3.63, 3.8) is 0 Å². The number of hydrogen-bond acceptors (Lipinski definition) is 6. The fourth-order valence-electron chi connectivity index (χ4n) is 4.38. The molecule has 0 saturated carbocycles. The Bertz CT molecular complexity index is 1780. The number of hydrogen-bond donors (Lipinski definition) is 2. The van der Waals surface area contributed by atoms with Crippen molar-refractivity contribution < 1.29 is 0 Å². The lowest BCUT2D eigenvalue weighted by atomic mass is 10.0. The summed E-state index contributed by atoms with van der Waals surface area (Å²) in [6.45, 7) is 0. The van der Waals surface area contributed by atoms with Gasteiger partial charge in [0.1, 0.15) is 10.0 Å². The molecule has 8 bridgehead atoms. The molecule has 0 aliphatic carbocycles. The van der Waals surface area contributed by atoms with E-state index in [0.29, 0.717) is 0 Å².